The van der Waals surface area contributed by atoms with Crippen LogP contribution in [-0.4, -0.2) is 37.2 Å². The van der Waals surface area contributed by atoms with Gasteiger partial charge in [0.25, 0.3) is 0 Å². The van der Waals surface area contributed by atoms with E-state index in [2.05, 4.69) is 17.6 Å². The second-order valence-electron chi connectivity index (χ2n) is 4.51. The van der Waals surface area contributed by atoms with Gasteiger partial charge in [-0.05, 0) is 33.6 Å². The lowest BCUT2D eigenvalue weighted by atomic mass is 10.0. The minimum atomic E-state index is -0.00921. The Morgan fingerprint density at radius 1 is 1.53 bits per heavy atom. The Morgan fingerprint density at radius 3 is 2.80 bits per heavy atom. The molecule has 2 unspecified atom stereocenters. The molecule has 1 aliphatic heterocycles. The predicted octanol–water partition coefficient (Wildman–Crippen LogP) is 0.668. The number of carbonyl (C=O) groups is 1. The first-order valence-electron chi connectivity index (χ1n) is 5.72. The largest absolute Gasteiger partial charge is 0.369 e. The van der Waals surface area contributed by atoms with E-state index in [0.29, 0.717) is 6.04 Å². The molecule has 0 aromatic rings. The fraction of sp³-hybridized carbons (Fsp3) is 0.909. The predicted molar refractivity (Wildman–Crippen MR) is 59.7 cm³/mol. The third-order valence-corrected chi connectivity index (χ3v) is 2.57. The number of rotatable bonds is 4. The molecule has 15 heavy (non-hydrogen) atoms. The van der Waals surface area contributed by atoms with Gasteiger partial charge < -0.3 is 15.4 Å². The molecule has 1 heterocycles. The highest BCUT2D eigenvalue weighted by atomic mass is 16.5. The molecule has 0 saturated carbocycles. The molecule has 1 fully saturated rings. The molecule has 88 valence electrons. The summed E-state index contributed by atoms with van der Waals surface area (Å²) in [6.07, 6.45) is 2.29. The fourth-order valence-corrected chi connectivity index (χ4v) is 1.63. The minimum Gasteiger partial charge on any atom is -0.369 e. The number of piperidine rings is 1. The summed E-state index contributed by atoms with van der Waals surface area (Å²) >= 11 is 0. The molecule has 0 radical (unpaired) electrons. The Morgan fingerprint density at radius 2 is 2.27 bits per heavy atom. The minimum absolute atomic E-state index is 0.00921. The molecule has 0 aromatic heterocycles. The van der Waals surface area contributed by atoms with Gasteiger partial charge in [0.1, 0.15) is 6.61 Å². The van der Waals surface area contributed by atoms with Crippen molar-refractivity contribution in [1.29, 1.82) is 0 Å². The summed E-state index contributed by atoms with van der Waals surface area (Å²) in [6, 6.07) is 0.842. The van der Waals surface area contributed by atoms with Crippen molar-refractivity contribution in [3.63, 3.8) is 0 Å². The molecule has 4 nitrogen and oxygen atoms in total. The van der Waals surface area contributed by atoms with Crippen LogP contribution in [0.15, 0.2) is 0 Å². The van der Waals surface area contributed by atoms with Crippen LogP contribution >= 0.6 is 0 Å². The molecule has 1 amide bonds. The Bertz CT molecular complexity index is 199. The van der Waals surface area contributed by atoms with Crippen LogP contribution in [0.1, 0.15) is 33.6 Å². The van der Waals surface area contributed by atoms with Crippen LogP contribution in [0.2, 0.25) is 0 Å². The van der Waals surface area contributed by atoms with Gasteiger partial charge >= 0.3 is 0 Å². The summed E-state index contributed by atoms with van der Waals surface area (Å²) in [5, 5.41) is 6.32. The topological polar surface area (TPSA) is 50.4 Å². The quantitative estimate of drug-likeness (QED) is 0.723. The SMILES string of the molecule is CC1CCC(NC(=O)COC(C)C)CN1. The zero-order chi connectivity index (χ0) is 11.3. The number of amides is 1. The van der Waals surface area contributed by atoms with Gasteiger partial charge in [0.05, 0.1) is 6.10 Å². The van der Waals surface area contributed by atoms with Crippen LogP contribution in [0.25, 0.3) is 0 Å². The van der Waals surface area contributed by atoms with Crippen molar-refractivity contribution < 1.29 is 9.53 Å². The van der Waals surface area contributed by atoms with E-state index < -0.39 is 0 Å². The summed E-state index contributed by atoms with van der Waals surface area (Å²) in [4.78, 5) is 11.4. The summed E-state index contributed by atoms with van der Waals surface area (Å²) in [7, 11) is 0. The summed E-state index contributed by atoms with van der Waals surface area (Å²) < 4.78 is 5.23. The third kappa shape index (κ3) is 5.14. The van der Waals surface area contributed by atoms with E-state index in [1.54, 1.807) is 0 Å². The van der Waals surface area contributed by atoms with E-state index in [1.807, 2.05) is 13.8 Å². The van der Waals surface area contributed by atoms with Gasteiger partial charge in [-0.15, -0.1) is 0 Å². The van der Waals surface area contributed by atoms with Gasteiger partial charge in [0.2, 0.25) is 5.91 Å². The summed E-state index contributed by atoms with van der Waals surface area (Å²) in [5.41, 5.74) is 0. The van der Waals surface area contributed by atoms with Crippen molar-refractivity contribution in [2.24, 2.45) is 0 Å². The molecule has 0 bridgehead atoms. The summed E-state index contributed by atoms with van der Waals surface area (Å²) in [5.74, 6) is -0.00921. The molecule has 0 aliphatic carbocycles. The van der Waals surface area contributed by atoms with Crippen LogP contribution in [0.5, 0.6) is 0 Å². The molecule has 1 saturated heterocycles. The first kappa shape index (κ1) is 12.5. The maximum Gasteiger partial charge on any atom is 0.246 e. The number of ether oxygens (including phenoxy) is 1. The lowest BCUT2D eigenvalue weighted by Gasteiger charge is -2.28. The molecule has 2 atom stereocenters. The lowest BCUT2D eigenvalue weighted by molar-refractivity contribution is -0.127. The lowest BCUT2D eigenvalue weighted by Crippen LogP contribution is -2.49. The molecule has 2 N–H and O–H groups in total. The average Bonchev–Trinajstić information content (AvgIpc) is 2.19. The van der Waals surface area contributed by atoms with Crippen molar-refractivity contribution in [1.82, 2.24) is 10.6 Å². The number of carbonyl (C=O) groups excluding carboxylic acids is 1. The molecule has 1 rings (SSSR count). The Balaban J connectivity index is 2.15. The van der Waals surface area contributed by atoms with Gasteiger partial charge in [-0.1, -0.05) is 0 Å². The van der Waals surface area contributed by atoms with Gasteiger partial charge in [-0.25, -0.2) is 0 Å². The molecule has 0 aromatic carbocycles. The number of hydrogen-bond donors (Lipinski definition) is 2. The molecule has 1 aliphatic rings. The van der Waals surface area contributed by atoms with Crippen molar-refractivity contribution in [2.45, 2.75) is 51.8 Å². The first-order valence-corrected chi connectivity index (χ1v) is 5.72. The maximum atomic E-state index is 11.4. The van der Waals surface area contributed by atoms with E-state index in [4.69, 9.17) is 4.74 Å². The standard InChI is InChI=1S/C11H22N2O2/c1-8(2)15-7-11(14)13-10-5-4-9(3)12-6-10/h8-10,12H,4-7H2,1-3H3,(H,13,14). The number of nitrogens with one attached hydrogen (secondary N) is 2. The smallest absolute Gasteiger partial charge is 0.246 e. The summed E-state index contributed by atoms with van der Waals surface area (Å²) in [6.45, 7) is 7.06. The maximum absolute atomic E-state index is 11.4. The van der Waals surface area contributed by atoms with Crippen LogP contribution in [0.4, 0.5) is 0 Å². The number of hydrogen-bond acceptors (Lipinski definition) is 3. The highest BCUT2D eigenvalue weighted by Gasteiger charge is 2.18. The highest BCUT2D eigenvalue weighted by Crippen LogP contribution is 2.07. The van der Waals surface area contributed by atoms with Gasteiger partial charge in [-0.3, -0.25) is 4.79 Å². The van der Waals surface area contributed by atoms with E-state index in [0.717, 1.165) is 19.4 Å². The van der Waals surface area contributed by atoms with Crippen LogP contribution in [-0.2, 0) is 9.53 Å². The zero-order valence-electron chi connectivity index (χ0n) is 9.88. The van der Waals surface area contributed by atoms with E-state index >= 15 is 0 Å². The molecular weight excluding hydrogens is 192 g/mol. The third-order valence-electron chi connectivity index (χ3n) is 2.57. The molecule has 4 heteroatoms. The second-order valence-corrected chi connectivity index (χ2v) is 4.51. The van der Waals surface area contributed by atoms with Crippen LogP contribution in [0.3, 0.4) is 0 Å². The normalized spacial score (nSPS) is 26.7. The van der Waals surface area contributed by atoms with Crippen molar-refractivity contribution >= 4 is 5.91 Å². The molecular formula is C11H22N2O2. The van der Waals surface area contributed by atoms with Crippen molar-refractivity contribution in [3.05, 3.63) is 0 Å². The fourth-order valence-electron chi connectivity index (χ4n) is 1.63. The highest BCUT2D eigenvalue weighted by molar-refractivity contribution is 5.77. The average molecular weight is 214 g/mol. The Kier molecular flexibility index (Phi) is 5.05. The van der Waals surface area contributed by atoms with Gasteiger partial charge in [0, 0.05) is 18.6 Å². The van der Waals surface area contributed by atoms with Crippen molar-refractivity contribution in [2.75, 3.05) is 13.2 Å². The Labute approximate surface area is 91.8 Å². The van der Waals surface area contributed by atoms with E-state index in [9.17, 15) is 4.79 Å². The second kappa shape index (κ2) is 6.08. The molecule has 0 spiro atoms. The van der Waals surface area contributed by atoms with Gasteiger partial charge in [-0.2, -0.15) is 0 Å². The van der Waals surface area contributed by atoms with Crippen molar-refractivity contribution in [3.8, 4) is 0 Å². The zero-order valence-corrected chi connectivity index (χ0v) is 9.88. The van der Waals surface area contributed by atoms with E-state index in [1.165, 1.54) is 0 Å². The Hall–Kier alpha value is -0.610. The van der Waals surface area contributed by atoms with Crippen LogP contribution < -0.4 is 10.6 Å². The van der Waals surface area contributed by atoms with Crippen LogP contribution in [0, 0.1) is 0 Å². The van der Waals surface area contributed by atoms with E-state index in [-0.39, 0.29) is 24.7 Å². The van der Waals surface area contributed by atoms with Gasteiger partial charge in [0.15, 0.2) is 0 Å². The first-order chi connectivity index (χ1) is 7.08. The monoisotopic (exact) mass is 214 g/mol.